The van der Waals surface area contributed by atoms with Crippen LogP contribution in [0.15, 0.2) is 56.8 Å². The Labute approximate surface area is 155 Å². The first-order valence-corrected chi connectivity index (χ1v) is 9.29. The monoisotopic (exact) mass is 453 g/mol. The number of nitrogens with zero attached hydrogens (tertiary/aromatic N) is 1. The molecule has 1 aromatic heterocycles. The van der Waals surface area contributed by atoms with E-state index in [1.54, 1.807) is 18.4 Å². The van der Waals surface area contributed by atoms with Crippen molar-refractivity contribution < 1.29 is 9.47 Å². The van der Waals surface area contributed by atoms with Crippen LogP contribution in [0.5, 0.6) is 11.5 Å². The second-order valence-electron chi connectivity index (χ2n) is 4.71. The molecule has 0 aliphatic rings. The third kappa shape index (κ3) is 3.94. The Morgan fingerprint density at radius 2 is 1.91 bits per heavy atom. The molecule has 0 saturated carbocycles. The highest BCUT2D eigenvalue weighted by Gasteiger charge is 2.11. The van der Waals surface area contributed by atoms with Gasteiger partial charge in [-0.1, -0.05) is 28.1 Å². The van der Waals surface area contributed by atoms with E-state index in [4.69, 9.17) is 9.47 Å². The number of ether oxygens (including phenoxy) is 2. The van der Waals surface area contributed by atoms with Crippen LogP contribution < -0.4 is 9.47 Å². The Hall–Kier alpha value is -1.37. The molecule has 118 valence electrons. The summed E-state index contributed by atoms with van der Waals surface area (Å²) in [6.07, 6.45) is 0. The fraction of sp³-hybridized carbons (Fsp3) is 0.118. The Bertz CT molecular complexity index is 820. The molecule has 0 saturated heterocycles. The molecule has 1 heterocycles. The predicted molar refractivity (Wildman–Crippen MR) is 100 cm³/mol. The van der Waals surface area contributed by atoms with E-state index in [9.17, 15) is 0 Å². The normalized spacial score (nSPS) is 10.6. The van der Waals surface area contributed by atoms with E-state index in [0.29, 0.717) is 6.61 Å². The zero-order valence-corrected chi connectivity index (χ0v) is 16.2. The minimum absolute atomic E-state index is 0.426. The maximum absolute atomic E-state index is 5.81. The average molecular weight is 455 g/mol. The van der Waals surface area contributed by atoms with Gasteiger partial charge in [0.15, 0.2) is 0 Å². The predicted octanol–water partition coefficient (Wildman–Crippen LogP) is 5.92. The average Bonchev–Trinajstić information content (AvgIpc) is 3.03. The number of aromatic nitrogens is 1. The van der Waals surface area contributed by atoms with Crippen LogP contribution in [0.4, 0.5) is 0 Å². The lowest BCUT2D eigenvalue weighted by atomic mass is 10.2. The quantitative estimate of drug-likeness (QED) is 0.479. The Morgan fingerprint density at radius 3 is 2.70 bits per heavy atom. The lowest BCUT2D eigenvalue weighted by Gasteiger charge is -2.07. The van der Waals surface area contributed by atoms with Gasteiger partial charge >= 0.3 is 0 Å². The maximum atomic E-state index is 5.81. The van der Waals surface area contributed by atoms with Gasteiger partial charge in [-0.3, -0.25) is 0 Å². The van der Waals surface area contributed by atoms with E-state index in [1.807, 2.05) is 47.8 Å². The Balaban J connectivity index is 1.79. The molecule has 0 aliphatic heterocycles. The molecule has 6 heteroatoms. The van der Waals surface area contributed by atoms with E-state index < -0.39 is 0 Å². The molecule has 2 aromatic carbocycles. The Kier molecular flexibility index (Phi) is 5.35. The van der Waals surface area contributed by atoms with Gasteiger partial charge in [-0.2, -0.15) is 0 Å². The summed E-state index contributed by atoms with van der Waals surface area (Å²) in [5.74, 6) is 1.61. The summed E-state index contributed by atoms with van der Waals surface area (Å²) in [5.41, 5.74) is 1.86. The molecule has 23 heavy (non-hydrogen) atoms. The third-order valence-electron chi connectivity index (χ3n) is 3.16. The summed E-state index contributed by atoms with van der Waals surface area (Å²) in [6, 6.07) is 13.7. The van der Waals surface area contributed by atoms with Crippen molar-refractivity contribution in [3.05, 3.63) is 62.5 Å². The summed E-state index contributed by atoms with van der Waals surface area (Å²) in [6.45, 7) is 0.426. The van der Waals surface area contributed by atoms with Crippen molar-refractivity contribution in [3.63, 3.8) is 0 Å². The topological polar surface area (TPSA) is 31.4 Å². The highest BCUT2D eigenvalue weighted by Crippen LogP contribution is 2.34. The van der Waals surface area contributed by atoms with Crippen LogP contribution in [0.25, 0.3) is 10.6 Å². The fourth-order valence-electron chi connectivity index (χ4n) is 2.06. The molecule has 0 N–H and O–H groups in total. The zero-order chi connectivity index (χ0) is 16.2. The van der Waals surface area contributed by atoms with Gasteiger partial charge in [0.1, 0.15) is 23.1 Å². The zero-order valence-electron chi connectivity index (χ0n) is 12.3. The van der Waals surface area contributed by atoms with Crippen molar-refractivity contribution in [2.75, 3.05) is 7.11 Å². The number of thiazole rings is 1. The molecule has 0 radical (unpaired) electrons. The molecule has 0 atom stereocenters. The van der Waals surface area contributed by atoms with Crippen LogP contribution in [0, 0.1) is 0 Å². The van der Waals surface area contributed by atoms with E-state index in [0.717, 1.165) is 36.7 Å². The van der Waals surface area contributed by atoms with E-state index >= 15 is 0 Å². The summed E-state index contributed by atoms with van der Waals surface area (Å²) in [7, 11) is 1.66. The number of methoxy groups -OCH3 is 1. The van der Waals surface area contributed by atoms with Crippen LogP contribution in [-0.4, -0.2) is 12.1 Å². The summed E-state index contributed by atoms with van der Waals surface area (Å²) in [5, 5.41) is 2.92. The number of rotatable bonds is 5. The van der Waals surface area contributed by atoms with Gasteiger partial charge in [0.2, 0.25) is 0 Å². The molecule has 0 bridgehead atoms. The van der Waals surface area contributed by atoms with Crippen LogP contribution in [-0.2, 0) is 6.61 Å². The molecule has 0 amide bonds. The van der Waals surface area contributed by atoms with Crippen LogP contribution >= 0.6 is 43.2 Å². The number of hydrogen-bond acceptors (Lipinski definition) is 4. The minimum Gasteiger partial charge on any atom is -0.496 e. The van der Waals surface area contributed by atoms with Crippen molar-refractivity contribution in [3.8, 4) is 22.1 Å². The minimum atomic E-state index is 0.426. The van der Waals surface area contributed by atoms with Crippen LogP contribution in [0.3, 0.4) is 0 Å². The highest BCUT2D eigenvalue weighted by molar-refractivity contribution is 9.10. The molecule has 0 fully saturated rings. The lowest BCUT2D eigenvalue weighted by molar-refractivity contribution is 0.300. The van der Waals surface area contributed by atoms with Crippen molar-refractivity contribution in [2.45, 2.75) is 6.61 Å². The second-order valence-corrected chi connectivity index (χ2v) is 7.34. The standard InChI is InChI=1S/C17H13Br2NO2S/c1-21-15-7-6-11(18)8-13(15)17-20-12(10-23-17)9-22-16-5-3-2-4-14(16)19/h2-8,10H,9H2,1H3. The Morgan fingerprint density at radius 1 is 1.09 bits per heavy atom. The summed E-state index contributed by atoms with van der Waals surface area (Å²) < 4.78 is 13.2. The number of para-hydroxylation sites is 1. The van der Waals surface area contributed by atoms with Crippen LogP contribution in [0.1, 0.15) is 5.69 Å². The molecule has 3 aromatic rings. The first-order chi connectivity index (χ1) is 11.2. The molecule has 0 spiro atoms. The third-order valence-corrected chi connectivity index (χ3v) is 5.23. The molecular weight excluding hydrogens is 442 g/mol. The van der Waals surface area contributed by atoms with E-state index in [2.05, 4.69) is 36.8 Å². The van der Waals surface area contributed by atoms with Gasteiger partial charge in [0, 0.05) is 9.85 Å². The number of hydrogen-bond donors (Lipinski definition) is 0. The van der Waals surface area contributed by atoms with Gasteiger partial charge in [-0.15, -0.1) is 11.3 Å². The molecule has 0 unspecified atom stereocenters. The highest BCUT2D eigenvalue weighted by atomic mass is 79.9. The van der Waals surface area contributed by atoms with Gasteiger partial charge in [0.05, 0.1) is 22.8 Å². The second kappa shape index (κ2) is 7.47. The first kappa shape index (κ1) is 16.5. The number of halogens is 2. The fourth-order valence-corrected chi connectivity index (χ4v) is 3.64. The maximum Gasteiger partial charge on any atom is 0.134 e. The lowest BCUT2D eigenvalue weighted by Crippen LogP contribution is -1.96. The SMILES string of the molecule is COc1ccc(Br)cc1-c1nc(COc2ccccc2Br)cs1. The summed E-state index contributed by atoms with van der Waals surface area (Å²) in [4.78, 5) is 4.65. The summed E-state index contributed by atoms with van der Waals surface area (Å²) >= 11 is 8.54. The smallest absolute Gasteiger partial charge is 0.134 e. The molecule has 3 rings (SSSR count). The van der Waals surface area contributed by atoms with E-state index in [-0.39, 0.29) is 0 Å². The van der Waals surface area contributed by atoms with Crippen LogP contribution in [0.2, 0.25) is 0 Å². The van der Waals surface area contributed by atoms with Gasteiger partial charge < -0.3 is 9.47 Å². The van der Waals surface area contributed by atoms with Gasteiger partial charge in [0.25, 0.3) is 0 Å². The van der Waals surface area contributed by atoms with Crippen molar-refractivity contribution in [1.82, 2.24) is 4.98 Å². The largest absolute Gasteiger partial charge is 0.496 e. The van der Waals surface area contributed by atoms with E-state index in [1.165, 1.54) is 0 Å². The van der Waals surface area contributed by atoms with Crippen molar-refractivity contribution in [1.29, 1.82) is 0 Å². The van der Waals surface area contributed by atoms with Gasteiger partial charge in [-0.05, 0) is 46.3 Å². The number of benzene rings is 2. The molecule has 3 nitrogen and oxygen atoms in total. The van der Waals surface area contributed by atoms with Crippen molar-refractivity contribution in [2.24, 2.45) is 0 Å². The molecule has 0 aliphatic carbocycles. The van der Waals surface area contributed by atoms with Crippen molar-refractivity contribution >= 4 is 43.2 Å². The molecular formula is C17H13Br2NO2S. The first-order valence-electron chi connectivity index (χ1n) is 6.83. The van der Waals surface area contributed by atoms with Gasteiger partial charge in [-0.25, -0.2) is 4.98 Å².